The molecule has 1 aliphatic heterocycles. The second-order valence-corrected chi connectivity index (χ2v) is 6.60. The maximum absolute atomic E-state index is 12.9. The summed E-state index contributed by atoms with van der Waals surface area (Å²) < 4.78 is 5.29. The van der Waals surface area contributed by atoms with Crippen LogP contribution >= 0.6 is 0 Å². The molecule has 1 heterocycles. The normalized spacial score (nSPS) is 20.2. The van der Waals surface area contributed by atoms with Gasteiger partial charge >= 0.3 is 5.97 Å². The van der Waals surface area contributed by atoms with Gasteiger partial charge in [0.1, 0.15) is 5.75 Å². The topological polar surface area (TPSA) is 110 Å². The van der Waals surface area contributed by atoms with E-state index in [0.29, 0.717) is 35.4 Å². The highest BCUT2D eigenvalue weighted by Gasteiger charge is 2.32. The number of piperidine rings is 1. The predicted molar refractivity (Wildman–Crippen MR) is 91.5 cm³/mol. The number of nitrogens with two attached hydrogens (primary N) is 1. The summed E-state index contributed by atoms with van der Waals surface area (Å²) >= 11 is 0. The van der Waals surface area contributed by atoms with Crippen molar-refractivity contribution in [2.24, 2.45) is 11.7 Å². The van der Waals surface area contributed by atoms with Crippen molar-refractivity contribution in [3.05, 3.63) is 28.8 Å². The quantitative estimate of drug-likeness (QED) is 0.838. The number of benzene rings is 1. The van der Waals surface area contributed by atoms with Crippen molar-refractivity contribution in [3.8, 4) is 5.75 Å². The molecule has 0 bridgehead atoms. The molecule has 0 saturated carbocycles. The van der Waals surface area contributed by atoms with E-state index in [9.17, 15) is 14.4 Å². The largest absolute Gasteiger partial charge is 0.481 e. The van der Waals surface area contributed by atoms with Gasteiger partial charge in [-0.3, -0.25) is 9.59 Å². The molecule has 0 spiro atoms. The molecule has 7 heteroatoms. The van der Waals surface area contributed by atoms with Gasteiger partial charge in [-0.2, -0.15) is 0 Å². The van der Waals surface area contributed by atoms with Crippen LogP contribution in [0.5, 0.6) is 5.75 Å². The lowest BCUT2D eigenvalue weighted by Gasteiger charge is -2.37. The van der Waals surface area contributed by atoms with Gasteiger partial charge in [0.15, 0.2) is 6.61 Å². The van der Waals surface area contributed by atoms with Crippen molar-refractivity contribution in [2.45, 2.75) is 39.7 Å². The lowest BCUT2D eigenvalue weighted by atomic mass is 9.92. The number of carboxylic acid groups (broad SMARTS) is 1. The number of primary amides is 1. The maximum Gasteiger partial charge on any atom is 0.341 e. The summed E-state index contributed by atoms with van der Waals surface area (Å²) in [7, 11) is 0. The molecule has 3 N–H and O–H groups in total. The van der Waals surface area contributed by atoms with Crippen LogP contribution in [-0.2, 0) is 9.59 Å². The molecular formula is C18H24N2O5. The highest BCUT2D eigenvalue weighted by molar-refractivity contribution is 5.95. The Balaban J connectivity index is 2.23. The molecule has 0 radical (unpaired) electrons. The molecule has 1 saturated heterocycles. The molecule has 0 aliphatic carbocycles. The van der Waals surface area contributed by atoms with Crippen molar-refractivity contribution in [1.29, 1.82) is 0 Å². The molecule has 2 unspecified atom stereocenters. The van der Waals surface area contributed by atoms with E-state index >= 15 is 0 Å². The fraction of sp³-hybridized carbons (Fsp3) is 0.500. The molecular weight excluding hydrogens is 324 g/mol. The van der Waals surface area contributed by atoms with Crippen LogP contribution in [0.3, 0.4) is 0 Å². The van der Waals surface area contributed by atoms with Crippen molar-refractivity contribution >= 4 is 17.8 Å². The maximum atomic E-state index is 12.9. The summed E-state index contributed by atoms with van der Waals surface area (Å²) in [5, 5.41) is 8.74. The Hall–Kier alpha value is -2.57. The van der Waals surface area contributed by atoms with Gasteiger partial charge in [-0.25, -0.2) is 4.79 Å². The Morgan fingerprint density at radius 3 is 2.36 bits per heavy atom. The first-order valence-electron chi connectivity index (χ1n) is 8.26. The second-order valence-electron chi connectivity index (χ2n) is 6.60. The van der Waals surface area contributed by atoms with E-state index in [-0.39, 0.29) is 23.8 Å². The van der Waals surface area contributed by atoms with Gasteiger partial charge in [0.25, 0.3) is 5.91 Å². The Kier molecular flexibility index (Phi) is 5.66. The van der Waals surface area contributed by atoms with Gasteiger partial charge in [-0.15, -0.1) is 0 Å². The number of aryl methyl sites for hydroxylation is 2. The molecule has 136 valence electrons. The number of rotatable bonds is 5. The van der Waals surface area contributed by atoms with Crippen molar-refractivity contribution in [3.63, 3.8) is 0 Å². The summed E-state index contributed by atoms with van der Waals surface area (Å²) in [5.74, 6) is -1.44. The first-order valence-corrected chi connectivity index (χ1v) is 8.26. The Morgan fingerprint density at radius 2 is 1.84 bits per heavy atom. The van der Waals surface area contributed by atoms with Crippen LogP contribution in [0.1, 0.15) is 41.3 Å². The molecule has 2 rings (SSSR count). The first-order chi connectivity index (χ1) is 11.7. The molecule has 25 heavy (non-hydrogen) atoms. The van der Waals surface area contributed by atoms with Crippen LogP contribution in [0.4, 0.5) is 0 Å². The Labute approximate surface area is 146 Å². The van der Waals surface area contributed by atoms with Gasteiger partial charge in [-0.05, 0) is 56.9 Å². The number of nitrogens with zero attached hydrogens (tertiary/aromatic N) is 1. The summed E-state index contributed by atoms with van der Waals surface area (Å²) in [4.78, 5) is 36.7. The zero-order valence-electron chi connectivity index (χ0n) is 14.7. The zero-order chi connectivity index (χ0) is 18.7. The average molecular weight is 348 g/mol. The van der Waals surface area contributed by atoms with E-state index in [1.165, 1.54) is 0 Å². The standard InChI is InChI=1S/C18H24N2O5/c1-10-6-14(7-11(2)16(10)25-9-15(21)22)18(24)20-8-13(17(19)23)5-4-12(20)3/h6-7,12-13H,4-5,8-9H2,1-3H3,(H2,19,23)(H,21,22). The van der Waals surface area contributed by atoms with Crippen LogP contribution in [0.15, 0.2) is 12.1 Å². The number of likely N-dealkylation sites (tertiary alicyclic amines) is 1. The van der Waals surface area contributed by atoms with E-state index in [1.807, 2.05) is 6.92 Å². The molecule has 2 atom stereocenters. The van der Waals surface area contributed by atoms with Gasteiger partial charge in [0.05, 0.1) is 5.92 Å². The molecule has 1 fully saturated rings. The van der Waals surface area contributed by atoms with Crippen LogP contribution in [0.2, 0.25) is 0 Å². The minimum absolute atomic E-state index is 0.0339. The number of carbonyl (C=O) groups is 3. The third kappa shape index (κ3) is 4.29. The highest BCUT2D eigenvalue weighted by atomic mass is 16.5. The van der Waals surface area contributed by atoms with E-state index in [4.69, 9.17) is 15.6 Å². The summed E-state index contributed by atoms with van der Waals surface area (Å²) in [6.07, 6.45) is 1.43. The number of hydrogen-bond donors (Lipinski definition) is 2. The Bertz CT molecular complexity index is 678. The summed E-state index contributed by atoms with van der Waals surface area (Å²) in [6, 6.07) is 3.41. The predicted octanol–water partition coefficient (Wildman–Crippen LogP) is 1.49. The molecule has 1 aliphatic rings. The van der Waals surface area contributed by atoms with Crippen LogP contribution in [0.25, 0.3) is 0 Å². The van der Waals surface area contributed by atoms with Crippen LogP contribution in [0, 0.1) is 19.8 Å². The minimum Gasteiger partial charge on any atom is -0.481 e. The lowest BCUT2D eigenvalue weighted by molar-refractivity contribution is -0.139. The molecule has 0 aromatic heterocycles. The third-order valence-corrected chi connectivity index (χ3v) is 4.59. The minimum atomic E-state index is -1.06. The second kappa shape index (κ2) is 7.55. The average Bonchev–Trinajstić information content (AvgIpc) is 2.53. The van der Waals surface area contributed by atoms with E-state index in [0.717, 1.165) is 6.42 Å². The van der Waals surface area contributed by atoms with E-state index in [1.54, 1.807) is 30.9 Å². The number of aliphatic carboxylic acids is 1. The fourth-order valence-electron chi connectivity index (χ4n) is 3.22. The number of carboxylic acids is 1. The van der Waals surface area contributed by atoms with Gasteiger partial charge in [0, 0.05) is 18.2 Å². The van der Waals surface area contributed by atoms with Gasteiger partial charge in [0.2, 0.25) is 5.91 Å². The molecule has 7 nitrogen and oxygen atoms in total. The van der Waals surface area contributed by atoms with E-state index < -0.39 is 12.6 Å². The Morgan fingerprint density at radius 1 is 1.24 bits per heavy atom. The fourth-order valence-corrected chi connectivity index (χ4v) is 3.22. The monoisotopic (exact) mass is 348 g/mol. The SMILES string of the molecule is Cc1cc(C(=O)N2CC(C(N)=O)CCC2C)cc(C)c1OCC(=O)O. The molecule has 1 aromatic carbocycles. The first kappa shape index (κ1) is 18.8. The third-order valence-electron chi connectivity index (χ3n) is 4.59. The molecule has 1 aromatic rings. The van der Waals surface area contributed by atoms with Crippen molar-refractivity contribution in [1.82, 2.24) is 4.90 Å². The van der Waals surface area contributed by atoms with Crippen molar-refractivity contribution in [2.75, 3.05) is 13.2 Å². The number of ether oxygens (including phenoxy) is 1. The summed E-state index contributed by atoms with van der Waals surface area (Å²) in [6.45, 7) is 5.39. The number of carbonyl (C=O) groups excluding carboxylic acids is 2. The molecule has 2 amide bonds. The van der Waals surface area contributed by atoms with Crippen molar-refractivity contribution < 1.29 is 24.2 Å². The summed E-state index contributed by atoms with van der Waals surface area (Å²) in [5.41, 5.74) is 7.28. The lowest BCUT2D eigenvalue weighted by Crippen LogP contribution is -2.48. The van der Waals surface area contributed by atoms with Gasteiger partial charge in [-0.1, -0.05) is 0 Å². The van der Waals surface area contributed by atoms with E-state index in [2.05, 4.69) is 0 Å². The van der Waals surface area contributed by atoms with Crippen LogP contribution < -0.4 is 10.5 Å². The highest BCUT2D eigenvalue weighted by Crippen LogP contribution is 2.28. The van der Waals surface area contributed by atoms with Gasteiger partial charge < -0.3 is 20.5 Å². The number of hydrogen-bond acceptors (Lipinski definition) is 4. The zero-order valence-corrected chi connectivity index (χ0v) is 14.7. The smallest absolute Gasteiger partial charge is 0.341 e. The van der Waals surface area contributed by atoms with Crippen LogP contribution in [-0.4, -0.2) is 47.0 Å². The number of amides is 2.